The zero-order chi connectivity index (χ0) is 49.2. The maximum Gasteiger partial charge on any atom is 0.488 e. The third kappa shape index (κ3) is 15.7. The normalized spacial score (nSPS) is 10.1. The Morgan fingerprint density at radius 1 is 0.544 bits per heavy atom. The number of hydrogen-bond acceptors (Lipinski definition) is 12. The first-order valence-electron chi connectivity index (χ1n) is 20.9. The summed E-state index contributed by atoms with van der Waals surface area (Å²) >= 11 is 2.31. The molecule has 3 aromatic heterocycles. The molecular weight excluding hydrogens is 974 g/mol. The van der Waals surface area contributed by atoms with E-state index in [0.717, 1.165) is 57.2 Å². The minimum absolute atomic E-state index is 0.0742. The van der Waals surface area contributed by atoms with Crippen LogP contribution in [0.4, 0.5) is 17.1 Å². The molecule has 9 rings (SSSR count). The summed E-state index contributed by atoms with van der Waals surface area (Å²) in [7, 11) is -1.40. The average molecular weight is 1020 g/mol. The SMILES string of the molecule is CC(=O)Nc1ccc(-c2cc(-c3ncco3)ccc2C)cc1.CC(=O)O.Cc1ccc(-c2ncco2)cc1-c1ccc(N)cc1.Cc1ccc(-c2ncco2)cc1I.Nc1ccc(B(O)O)cc1. The van der Waals surface area contributed by atoms with E-state index in [4.69, 9.17) is 44.7 Å². The zero-order valence-corrected chi connectivity index (χ0v) is 40.1. The highest BCUT2D eigenvalue weighted by molar-refractivity contribution is 14.1. The number of carbonyl (C=O) groups is 2. The second kappa shape index (κ2) is 25.2. The fourth-order valence-electron chi connectivity index (χ4n) is 6.22. The van der Waals surface area contributed by atoms with Gasteiger partial charge >= 0.3 is 7.12 Å². The van der Waals surface area contributed by atoms with Gasteiger partial charge in [0.2, 0.25) is 23.6 Å². The molecule has 14 nitrogen and oxygen atoms in total. The Morgan fingerprint density at radius 2 is 0.897 bits per heavy atom. The summed E-state index contributed by atoms with van der Waals surface area (Å²) in [6.07, 6.45) is 9.68. The number of aliphatic carboxylic acids is 1. The first-order valence-corrected chi connectivity index (χ1v) is 22.0. The Morgan fingerprint density at radius 3 is 1.25 bits per heavy atom. The maximum atomic E-state index is 11.1. The molecule has 8 N–H and O–H groups in total. The Kier molecular flexibility index (Phi) is 19.0. The van der Waals surface area contributed by atoms with Gasteiger partial charge < -0.3 is 45.2 Å². The lowest BCUT2D eigenvalue weighted by molar-refractivity contribution is -0.134. The molecule has 0 radical (unpaired) electrons. The van der Waals surface area contributed by atoms with Crippen LogP contribution in [0, 0.1) is 24.3 Å². The molecule has 0 saturated heterocycles. The predicted molar refractivity (Wildman–Crippen MR) is 276 cm³/mol. The lowest BCUT2D eigenvalue weighted by atomic mass is 9.80. The molecule has 0 unspecified atom stereocenters. The van der Waals surface area contributed by atoms with Crippen molar-refractivity contribution in [1.29, 1.82) is 0 Å². The standard InChI is InChI=1S/C18H16N2O2.C16H14N2O.C10H8INO.C6H8BNO2.C2H4O2/c1-12-3-4-15(18-19-9-10-22-18)11-17(12)14-5-7-16(8-6-14)20-13(2)21;1-11-2-3-13(16-18-8-9-19-16)10-15(11)12-4-6-14(17)7-5-12;1-7-2-3-8(6-9(7)11)10-12-4-5-13-10;8-6-3-1-5(2-4-6)7(9)10;1-2(3)4/h3-11H,1-2H3,(H,20,21);2-10H,17H2,1H3;2-6H,1H3;1-4,9-10H,8H2;1H3,(H,3,4). The molecule has 9 aromatic rings. The van der Waals surface area contributed by atoms with Crippen molar-refractivity contribution in [2.24, 2.45) is 0 Å². The molecule has 0 atom stereocenters. The van der Waals surface area contributed by atoms with Gasteiger partial charge in [-0.05, 0) is 161 Å². The minimum atomic E-state index is -1.40. The van der Waals surface area contributed by atoms with Crippen LogP contribution in [0.5, 0.6) is 0 Å². The van der Waals surface area contributed by atoms with Crippen molar-refractivity contribution < 1.29 is 38.0 Å². The van der Waals surface area contributed by atoms with Gasteiger partial charge in [-0.3, -0.25) is 9.59 Å². The van der Waals surface area contributed by atoms with E-state index in [1.165, 1.54) is 27.2 Å². The molecule has 68 heavy (non-hydrogen) atoms. The molecule has 6 aromatic carbocycles. The van der Waals surface area contributed by atoms with Gasteiger partial charge in [-0.25, -0.2) is 15.0 Å². The number of nitrogen functional groups attached to an aromatic ring is 2. The van der Waals surface area contributed by atoms with Gasteiger partial charge in [0, 0.05) is 51.2 Å². The number of carbonyl (C=O) groups excluding carboxylic acids is 1. The van der Waals surface area contributed by atoms with Gasteiger partial charge in [0.15, 0.2) is 0 Å². The summed E-state index contributed by atoms with van der Waals surface area (Å²) in [5.41, 5.74) is 24.8. The van der Waals surface area contributed by atoms with Crippen molar-refractivity contribution in [2.75, 3.05) is 16.8 Å². The topological polar surface area (TPSA) is 237 Å². The molecule has 0 saturated carbocycles. The second-order valence-electron chi connectivity index (χ2n) is 15.0. The fourth-order valence-corrected chi connectivity index (χ4v) is 6.74. The van der Waals surface area contributed by atoms with Crippen molar-refractivity contribution in [2.45, 2.75) is 34.6 Å². The lowest BCUT2D eigenvalue weighted by Crippen LogP contribution is -2.29. The van der Waals surface area contributed by atoms with Crippen LogP contribution in [-0.2, 0) is 9.59 Å². The van der Waals surface area contributed by atoms with Crippen LogP contribution in [0.25, 0.3) is 56.6 Å². The van der Waals surface area contributed by atoms with E-state index in [1.807, 2.05) is 66.7 Å². The van der Waals surface area contributed by atoms with Gasteiger partial charge in [-0.1, -0.05) is 54.6 Å². The summed E-state index contributed by atoms with van der Waals surface area (Å²) in [6, 6.07) is 40.5. The van der Waals surface area contributed by atoms with Crippen molar-refractivity contribution >= 4 is 64.1 Å². The van der Waals surface area contributed by atoms with Crippen molar-refractivity contribution in [1.82, 2.24) is 15.0 Å². The van der Waals surface area contributed by atoms with Gasteiger partial charge in [-0.2, -0.15) is 0 Å². The van der Waals surface area contributed by atoms with Crippen LogP contribution in [-0.4, -0.2) is 49.1 Å². The van der Waals surface area contributed by atoms with E-state index in [-0.39, 0.29) is 5.91 Å². The number of rotatable bonds is 7. The van der Waals surface area contributed by atoms with Crippen molar-refractivity contribution in [3.63, 3.8) is 0 Å². The molecule has 0 aliphatic rings. The van der Waals surface area contributed by atoms with Crippen molar-refractivity contribution in [3.8, 4) is 56.6 Å². The van der Waals surface area contributed by atoms with Crippen LogP contribution in [0.15, 0.2) is 178 Å². The highest BCUT2D eigenvalue weighted by Gasteiger charge is 2.11. The summed E-state index contributed by atoms with van der Waals surface area (Å²) in [5, 5.41) is 27.4. The Balaban J connectivity index is 0.000000171. The number of anilines is 3. The molecule has 0 spiro atoms. The van der Waals surface area contributed by atoms with Crippen LogP contribution in [0.2, 0.25) is 0 Å². The number of carboxylic acid groups (broad SMARTS) is 1. The van der Waals surface area contributed by atoms with E-state index in [1.54, 1.807) is 61.6 Å². The number of hydrogen-bond donors (Lipinski definition) is 6. The first kappa shape index (κ1) is 51.2. The molecular formula is C52H50BIN6O8. The number of benzene rings is 6. The summed E-state index contributed by atoms with van der Waals surface area (Å²) in [5.74, 6) is 1.01. The van der Waals surface area contributed by atoms with Crippen LogP contribution < -0.4 is 22.2 Å². The smallest absolute Gasteiger partial charge is 0.481 e. The molecule has 3 heterocycles. The molecule has 0 aliphatic carbocycles. The average Bonchev–Trinajstić information content (AvgIpc) is 4.15. The summed E-state index contributed by atoms with van der Waals surface area (Å²) in [4.78, 5) is 32.5. The molecule has 16 heteroatoms. The predicted octanol–water partition coefficient (Wildman–Crippen LogP) is 10.5. The monoisotopic (exact) mass is 1020 g/mol. The summed E-state index contributed by atoms with van der Waals surface area (Å²) in [6.45, 7) is 8.82. The number of nitrogens with one attached hydrogen (secondary N) is 1. The van der Waals surface area contributed by atoms with Gasteiger partial charge in [0.05, 0.1) is 18.6 Å². The van der Waals surface area contributed by atoms with Crippen LogP contribution in [0.3, 0.4) is 0 Å². The highest BCUT2D eigenvalue weighted by atomic mass is 127. The van der Waals surface area contributed by atoms with Crippen LogP contribution in [0.1, 0.15) is 30.5 Å². The number of amides is 1. The van der Waals surface area contributed by atoms with Gasteiger partial charge in [-0.15, -0.1) is 0 Å². The van der Waals surface area contributed by atoms with Gasteiger partial charge in [0.25, 0.3) is 5.97 Å². The minimum Gasteiger partial charge on any atom is -0.481 e. The molecule has 0 aliphatic heterocycles. The number of carboxylic acids is 1. The van der Waals surface area contributed by atoms with Crippen molar-refractivity contribution in [3.05, 3.63) is 185 Å². The molecule has 1 amide bonds. The molecule has 0 bridgehead atoms. The largest absolute Gasteiger partial charge is 0.488 e. The number of aromatic nitrogens is 3. The van der Waals surface area contributed by atoms with Crippen LogP contribution >= 0.6 is 22.6 Å². The quantitative estimate of drug-likeness (QED) is 0.0496. The lowest BCUT2D eigenvalue weighted by Gasteiger charge is -2.09. The Labute approximate surface area is 408 Å². The summed E-state index contributed by atoms with van der Waals surface area (Å²) < 4.78 is 17.1. The number of nitrogens with zero attached hydrogens (tertiary/aromatic N) is 3. The van der Waals surface area contributed by atoms with E-state index in [9.17, 15) is 4.79 Å². The van der Waals surface area contributed by atoms with E-state index in [2.05, 4.69) is 100 Å². The third-order valence-electron chi connectivity index (χ3n) is 9.66. The number of halogens is 1. The first-order chi connectivity index (χ1) is 32.6. The Hall–Kier alpha value is -7.80. The van der Waals surface area contributed by atoms with E-state index >= 15 is 0 Å². The third-order valence-corrected chi connectivity index (χ3v) is 10.8. The zero-order valence-electron chi connectivity index (χ0n) is 37.9. The Bertz CT molecular complexity index is 2960. The molecule has 0 fully saturated rings. The second-order valence-corrected chi connectivity index (χ2v) is 16.1. The highest BCUT2D eigenvalue weighted by Crippen LogP contribution is 2.31. The molecule has 346 valence electrons. The maximum absolute atomic E-state index is 11.1. The van der Waals surface area contributed by atoms with E-state index < -0.39 is 13.1 Å². The fraction of sp³-hybridized carbons (Fsp3) is 0.0962. The number of aryl methyl sites for hydroxylation is 3. The van der Waals surface area contributed by atoms with Gasteiger partial charge in [0.1, 0.15) is 18.8 Å². The number of nitrogens with two attached hydrogens (primary N) is 2. The van der Waals surface area contributed by atoms with E-state index in [0.29, 0.717) is 28.8 Å². The number of oxazole rings is 3.